The second-order valence-corrected chi connectivity index (χ2v) is 10.8. The third-order valence-electron chi connectivity index (χ3n) is 7.74. The normalized spacial score (nSPS) is 13.2. The lowest BCUT2D eigenvalue weighted by atomic mass is 9.75. The molecule has 44 heavy (non-hydrogen) atoms. The van der Waals surface area contributed by atoms with Gasteiger partial charge in [-0.25, -0.2) is 9.97 Å². The molecule has 0 aliphatic rings. The minimum Gasteiger partial charge on any atom is -0.436 e. The molecule has 0 spiro atoms. The highest BCUT2D eigenvalue weighted by molar-refractivity contribution is 6.13. The quantitative estimate of drug-likeness (QED) is 0.198. The third kappa shape index (κ3) is 4.92. The molecule has 0 N–H and O–H groups in total. The molecule has 1 unspecified atom stereocenters. The predicted octanol–water partition coefficient (Wildman–Crippen LogP) is 8.38. The van der Waals surface area contributed by atoms with E-state index in [0.29, 0.717) is 28.2 Å². The van der Waals surface area contributed by atoms with Crippen LogP contribution < -0.4 is 4.90 Å². The minimum absolute atomic E-state index is 0.00841. The second-order valence-electron chi connectivity index (χ2n) is 10.8. The number of fused-ring (bicyclic) bond motifs is 2. The van der Waals surface area contributed by atoms with Gasteiger partial charge in [-0.15, -0.1) is 0 Å². The van der Waals surface area contributed by atoms with Gasteiger partial charge in [0.05, 0.1) is 5.69 Å². The minimum atomic E-state index is -4.68. The molecule has 0 radical (unpaired) electrons. The predicted molar refractivity (Wildman–Crippen MR) is 160 cm³/mol. The van der Waals surface area contributed by atoms with Gasteiger partial charge in [0.1, 0.15) is 16.4 Å². The van der Waals surface area contributed by atoms with E-state index in [9.17, 15) is 22.8 Å². The summed E-state index contributed by atoms with van der Waals surface area (Å²) in [6.07, 6.45) is -4.68. The molecule has 7 nitrogen and oxygen atoms in total. The number of nitrogens with zero attached hydrogens (tertiary/aromatic N) is 3. The smallest absolute Gasteiger partial charge is 0.402 e. The van der Waals surface area contributed by atoms with Crippen LogP contribution >= 0.6 is 0 Å². The van der Waals surface area contributed by atoms with Gasteiger partial charge < -0.3 is 8.83 Å². The first-order valence-electron chi connectivity index (χ1n) is 13.7. The average Bonchev–Trinajstić information content (AvgIpc) is 3.60. The van der Waals surface area contributed by atoms with Crippen molar-refractivity contribution in [1.82, 2.24) is 9.97 Å². The maximum Gasteiger partial charge on any atom is 0.402 e. The Kier molecular flexibility index (Phi) is 6.87. The van der Waals surface area contributed by atoms with Gasteiger partial charge in [-0.2, -0.15) is 13.2 Å². The van der Waals surface area contributed by atoms with Gasteiger partial charge in [0.25, 0.3) is 0 Å². The number of halogens is 3. The summed E-state index contributed by atoms with van der Waals surface area (Å²) in [6.45, 7) is 5.60. The van der Waals surface area contributed by atoms with E-state index in [1.54, 1.807) is 24.3 Å². The lowest BCUT2D eigenvalue weighted by Crippen LogP contribution is -2.40. The SMILES string of the molecule is CC(=O)N(C(C)=O)c1cccc(-c2nc3cc(C(C)(c4ccc5oc(-c6cccc(C)c6)nc5c4)C(F)(F)F)ccc3o2)c1. The molecule has 1 atom stereocenters. The Morgan fingerprint density at radius 3 is 1.68 bits per heavy atom. The highest BCUT2D eigenvalue weighted by Crippen LogP contribution is 2.47. The number of oxazole rings is 2. The number of alkyl halides is 3. The van der Waals surface area contributed by atoms with Crippen molar-refractivity contribution in [2.24, 2.45) is 0 Å². The lowest BCUT2D eigenvalue weighted by molar-refractivity contribution is -0.173. The molecule has 0 saturated carbocycles. The van der Waals surface area contributed by atoms with Crippen LogP contribution in [0.2, 0.25) is 0 Å². The average molecular weight is 598 g/mol. The van der Waals surface area contributed by atoms with E-state index in [0.717, 1.165) is 23.0 Å². The number of rotatable bonds is 5. The van der Waals surface area contributed by atoms with Crippen molar-refractivity contribution < 1.29 is 31.6 Å². The molecule has 0 fully saturated rings. The van der Waals surface area contributed by atoms with Crippen LogP contribution in [-0.2, 0) is 15.0 Å². The highest BCUT2D eigenvalue weighted by Gasteiger charge is 2.53. The van der Waals surface area contributed by atoms with E-state index in [2.05, 4.69) is 9.97 Å². The molecule has 0 aliphatic carbocycles. The second kappa shape index (κ2) is 10.5. The van der Waals surface area contributed by atoms with Gasteiger partial charge in [0.2, 0.25) is 23.6 Å². The zero-order valence-electron chi connectivity index (χ0n) is 24.2. The molecule has 6 rings (SSSR count). The van der Waals surface area contributed by atoms with Gasteiger partial charge in [0, 0.05) is 25.0 Å². The maximum atomic E-state index is 15.0. The molecule has 10 heteroatoms. The Labute approximate surface area is 249 Å². The molecule has 2 amide bonds. The van der Waals surface area contributed by atoms with Crippen LogP contribution in [0.3, 0.4) is 0 Å². The molecule has 6 aromatic rings. The van der Waals surface area contributed by atoms with Gasteiger partial charge in [-0.05, 0) is 79.6 Å². The van der Waals surface area contributed by atoms with Crippen molar-refractivity contribution in [2.45, 2.75) is 39.3 Å². The van der Waals surface area contributed by atoms with Crippen LogP contribution in [0.25, 0.3) is 45.1 Å². The van der Waals surface area contributed by atoms with E-state index in [-0.39, 0.29) is 28.1 Å². The van der Waals surface area contributed by atoms with Gasteiger partial charge >= 0.3 is 6.18 Å². The van der Waals surface area contributed by atoms with Crippen LogP contribution in [0.15, 0.2) is 93.8 Å². The topological polar surface area (TPSA) is 89.4 Å². The van der Waals surface area contributed by atoms with Crippen molar-refractivity contribution in [3.8, 4) is 22.9 Å². The van der Waals surface area contributed by atoms with E-state index >= 15 is 0 Å². The summed E-state index contributed by atoms with van der Waals surface area (Å²) in [7, 11) is 0. The van der Waals surface area contributed by atoms with E-state index in [4.69, 9.17) is 8.83 Å². The Morgan fingerprint density at radius 1 is 0.705 bits per heavy atom. The van der Waals surface area contributed by atoms with Crippen molar-refractivity contribution in [3.05, 3.63) is 102 Å². The molecular weight excluding hydrogens is 571 g/mol. The molecule has 2 heterocycles. The third-order valence-corrected chi connectivity index (χ3v) is 7.74. The van der Waals surface area contributed by atoms with Gasteiger partial charge in [-0.3, -0.25) is 14.5 Å². The summed E-state index contributed by atoms with van der Waals surface area (Å²) in [5.41, 5.74) is 1.24. The number of anilines is 1. The van der Waals surface area contributed by atoms with Crippen LogP contribution in [0.4, 0.5) is 18.9 Å². The van der Waals surface area contributed by atoms with Crippen molar-refractivity contribution in [2.75, 3.05) is 4.90 Å². The van der Waals surface area contributed by atoms with Crippen LogP contribution in [0.1, 0.15) is 37.5 Å². The molecule has 222 valence electrons. The fraction of sp³-hybridized carbons (Fsp3) is 0.176. The Morgan fingerprint density at radius 2 is 1.20 bits per heavy atom. The van der Waals surface area contributed by atoms with Gasteiger partial charge in [-0.1, -0.05) is 35.9 Å². The van der Waals surface area contributed by atoms with Crippen molar-refractivity contribution in [1.29, 1.82) is 0 Å². The number of carbonyl (C=O) groups excluding carboxylic acids is 2. The number of aryl methyl sites for hydroxylation is 1. The Balaban J connectivity index is 1.41. The van der Waals surface area contributed by atoms with E-state index < -0.39 is 23.4 Å². The molecule has 0 aliphatic heterocycles. The molecule has 4 aromatic carbocycles. The first kappa shape index (κ1) is 28.9. The molecular formula is C34H26F3N3O4. The standard InChI is InChI=1S/C34H26F3N3O4/c1-19-7-5-8-22(15-19)31-38-27-17-24(11-13-29(27)43-31)33(4,34(35,36)37)25-12-14-30-28(18-25)39-32(44-30)23-9-6-10-26(16-23)40(20(2)41)21(3)42/h5-18H,1-4H3. The number of hydrogen-bond donors (Lipinski definition) is 0. The zero-order chi connectivity index (χ0) is 31.4. The highest BCUT2D eigenvalue weighted by atomic mass is 19.4. The summed E-state index contributed by atoms with van der Waals surface area (Å²) in [6, 6.07) is 22.5. The Hall–Kier alpha value is -5.25. The van der Waals surface area contributed by atoms with Crippen LogP contribution in [0.5, 0.6) is 0 Å². The van der Waals surface area contributed by atoms with E-state index in [1.165, 1.54) is 50.2 Å². The summed E-state index contributed by atoms with van der Waals surface area (Å²) >= 11 is 0. The monoisotopic (exact) mass is 597 g/mol. The first-order chi connectivity index (χ1) is 20.8. The van der Waals surface area contributed by atoms with E-state index in [1.807, 2.05) is 31.2 Å². The maximum absolute atomic E-state index is 15.0. The summed E-state index contributed by atoms with van der Waals surface area (Å²) in [4.78, 5) is 34.0. The summed E-state index contributed by atoms with van der Waals surface area (Å²) in [5.74, 6) is -0.464. The van der Waals surface area contributed by atoms with Crippen molar-refractivity contribution in [3.63, 3.8) is 0 Å². The first-order valence-corrected chi connectivity index (χ1v) is 13.7. The number of aromatic nitrogens is 2. The summed E-state index contributed by atoms with van der Waals surface area (Å²) < 4.78 is 56.6. The van der Waals surface area contributed by atoms with Crippen molar-refractivity contribution >= 4 is 39.7 Å². The molecule has 2 aromatic heterocycles. The fourth-order valence-corrected chi connectivity index (χ4v) is 5.36. The van der Waals surface area contributed by atoms with Crippen LogP contribution in [-0.4, -0.2) is 28.0 Å². The molecule has 0 bridgehead atoms. The zero-order valence-corrected chi connectivity index (χ0v) is 24.2. The lowest BCUT2D eigenvalue weighted by Gasteiger charge is -2.33. The number of hydrogen-bond acceptors (Lipinski definition) is 6. The molecule has 0 saturated heterocycles. The Bertz CT molecular complexity index is 2060. The number of amides is 2. The number of benzene rings is 4. The summed E-state index contributed by atoms with van der Waals surface area (Å²) in [5, 5.41) is 0. The number of carbonyl (C=O) groups is 2. The fourth-order valence-electron chi connectivity index (χ4n) is 5.36. The van der Waals surface area contributed by atoms with Gasteiger partial charge in [0.15, 0.2) is 11.2 Å². The largest absolute Gasteiger partial charge is 0.436 e. The number of imide groups is 1. The van der Waals surface area contributed by atoms with Crippen LogP contribution in [0, 0.1) is 6.92 Å².